The Morgan fingerprint density at radius 3 is 2.65 bits per heavy atom. The normalized spacial score (nSPS) is 13.9. The van der Waals surface area contributed by atoms with Crippen LogP contribution in [0.15, 0.2) is 12.3 Å². The molecule has 1 unspecified atom stereocenters. The summed E-state index contributed by atoms with van der Waals surface area (Å²) in [6.45, 7) is 6.34. The highest BCUT2D eigenvalue weighted by molar-refractivity contribution is 7.05. The topological polar surface area (TPSA) is 69.6 Å². The molecule has 0 spiro atoms. The lowest BCUT2D eigenvalue weighted by atomic mass is 9.90. The van der Waals surface area contributed by atoms with E-state index in [1.807, 2.05) is 13.1 Å². The molecule has 5 nitrogen and oxygen atoms in total. The van der Waals surface area contributed by atoms with Crippen molar-refractivity contribution < 1.29 is 0 Å². The van der Waals surface area contributed by atoms with Crippen LogP contribution >= 0.6 is 11.5 Å². The van der Waals surface area contributed by atoms with Crippen molar-refractivity contribution in [1.29, 1.82) is 0 Å². The molecule has 0 bridgehead atoms. The molecular weight excluding hydrogens is 234 g/mol. The van der Waals surface area contributed by atoms with Gasteiger partial charge in [0.15, 0.2) is 0 Å². The third kappa shape index (κ3) is 2.23. The van der Waals surface area contributed by atoms with Crippen LogP contribution in [0.1, 0.15) is 43.1 Å². The minimum atomic E-state index is -0.211. The summed E-state index contributed by atoms with van der Waals surface area (Å²) in [5, 5.41) is 8.35. The van der Waals surface area contributed by atoms with Crippen molar-refractivity contribution >= 4 is 11.5 Å². The second-order valence-electron chi connectivity index (χ2n) is 5.09. The van der Waals surface area contributed by atoms with E-state index in [2.05, 4.69) is 35.5 Å². The molecule has 0 saturated carbocycles. The molecule has 0 fully saturated rings. The fourth-order valence-electron chi connectivity index (χ4n) is 1.74. The van der Waals surface area contributed by atoms with Gasteiger partial charge in [0.25, 0.3) is 0 Å². The van der Waals surface area contributed by atoms with Gasteiger partial charge in [-0.1, -0.05) is 25.3 Å². The van der Waals surface area contributed by atoms with E-state index in [0.717, 1.165) is 16.3 Å². The SMILES string of the molecule is Cn1nccc1C(N)c1snnc1C(C)(C)C. The molecule has 0 radical (unpaired) electrons. The van der Waals surface area contributed by atoms with Crippen LogP contribution in [0.5, 0.6) is 0 Å². The van der Waals surface area contributed by atoms with Gasteiger partial charge in [0.2, 0.25) is 0 Å². The third-order valence-corrected chi connectivity index (χ3v) is 3.49. The van der Waals surface area contributed by atoms with Gasteiger partial charge in [-0.25, -0.2) is 0 Å². The van der Waals surface area contributed by atoms with Crippen molar-refractivity contribution in [2.75, 3.05) is 0 Å². The number of hydrogen-bond donors (Lipinski definition) is 1. The molecule has 2 heterocycles. The van der Waals surface area contributed by atoms with Crippen LogP contribution in [-0.4, -0.2) is 19.4 Å². The van der Waals surface area contributed by atoms with E-state index in [1.54, 1.807) is 10.9 Å². The monoisotopic (exact) mass is 251 g/mol. The first-order chi connectivity index (χ1) is 7.91. The van der Waals surface area contributed by atoms with Gasteiger partial charge in [-0.3, -0.25) is 4.68 Å². The van der Waals surface area contributed by atoms with Crippen LogP contribution in [0.4, 0.5) is 0 Å². The molecule has 6 heteroatoms. The zero-order chi connectivity index (χ0) is 12.6. The van der Waals surface area contributed by atoms with Crippen LogP contribution in [0, 0.1) is 0 Å². The summed E-state index contributed by atoms with van der Waals surface area (Å²) in [5.41, 5.74) is 8.17. The van der Waals surface area contributed by atoms with E-state index in [0.29, 0.717) is 0 Å². The van der Waals surface area contributed by atoms with Crippen LogP contribution in [0.2, 0.25) is 0 Å². The maximum atomic E-state index is 6.27. The average Bonchev–Trinajstić information content (AvgIpc) is 2.82. The van der Waals surface area contributed by atoms with Crippen molar-refractivity contribution in [3.63, 3.8) is 0 Å². The Bertz CT molecular complexity index is 508. The summed E-state index contributed by atoms with van der Waals surface area (Å²) in [6, 6.07) is 1.72. The van der Waals surface area contributed by atoms with Crippen molar-refractivity contribution in [3.8, 4) is 0 Å². The second kappa shape index (κ2) is 4.19. The van der Waals surface area contributed by atoms with Gasteiger partial charge in [0, 0.05) is 18.7 Å². The van der Waals surface area contributed by atoms with Crippen LogP contribution in [0.25, 0.3) is 0 Å². The van der Waals surface area contributed by atoms with Gasteiger partial charge < -0.3 is 5.73 Å². The zero-order valence-corrected chi connectivity index (χ0v) is 11.3. The van der Waals surface area contributed by atoms with Gasteiger partial charge in [0.1, 0.15) is 0 Å². The van der Waals surface area contributed by atoms with Gasteiger partial charge >= 0.3 is 0 Å². The fraction of sp³-hybridized carbons (Fsp3) is 0.545. The molecule has 2 aromatic rings. The summed E-state index contributed by atoms with van der Waals surface area (Å²) >= 11 is 1.36. The van der Waals surface area contributed by atoms with E-state index in [4.69, 9.17) is 5.73 Å². The molecule has 2 N–H and O–H groups in total. The number of aromatic nitrogens is 4. The summed E-state index contributed by atoms with van der Waals surface area (Å²) < 4.78 is 5.82. The molecule has 92 valence electrons. The van der Waals surface area contributed by atoms with Crippen molar-refractivity contribution in [2.45, 2.75) is 32.2 Å². The molecule has 1 atom stereocenters. The van der Waals surface area contributed by atoms with Gasteiger partial charge in [-0.05, 0) is 17.6 Å². The summed E-state index contributed by atoms with van der Waals surface area (Å²) in [6.07, 6.45) is 1.75. The number of nitrogens with zero attached hydrogens (tertiary/aromatic N) is 4. The Hall–Kier alpha value is -1.27. The molecule has 0 saturated heterocycles. The summed E-state index contributed by atoms with van der Waals surface area (Å²) in [5.74, 6) is 0. The van der Waals surface area contributed by atoms with Crippen molar-refractivity contribution in [2.24, 2.45) is 12.8 Å². The predicted octanol–water partition coefficient (Wildman–Crippen LogP) is 1.62. The summed E-state index contributed by atoms with van der Waals surface area (Å²) in [7, 11) is 1.89. The van der Waals surface area contributed by atoms with Crippen molar-refractivity contribution in [3.05, 3.63) is 28.5 Å². The van der Waals surface area contributed by atoms with Gasteiger partial charge in [0.05, 0.1) is 22.3 Å². The van der Waals surface area contributed by atoms with Gasteiger partial charge in [-0.15, -0.1) is 5.10 Å². The third-order valence-electron chi connectivity index (χ3n) is 2.68. The van der Waals surface area contributed by atoms with E-state index < -0.39 is 0 Å². The number of hydrogen-bond acceptors (Lipinski definition) is 5. The molecule has 0 amide bonds. The Morgan fingerprint density at radius 1 is 1.41 bits per heavy atom. The lowest BCUT2D eigenvalue weighted by Gasteiger charge is -2.19. The van der Waals surface area contributed by atoms with Gasteiger partial charge in [-0.2, -0.15) is 5.10 Å². The Labute approximate surface area is 105 Å². The molecule has 0 aromatic carbocycles. The first-order valence-corrected chi connectivity index (χ1v) is 6.25. The largest absolute Gasteiger partial charge is 0.318 e. The lowest BCUT2D eigenvalue weighted by Crippen LogP contribution is -2.21. The first kappa shape index (κ1) is 12.2. The van der Waals surface area contributed by atoms with E-state index >= 15 is 0 Å². The second-order valence-corrected chi connectivity index (χ2v) is 5.88. The van der Waals surface area contributed by atoms with Crippen LogP contribution < -0.4 is 5.73 Å². The summed E-state index contributed by atoms with van der Waals surface area (Å²) in [4.78, 5) is 1.01. The highest BCUT2D eigenvalue weighted by atomic mass is 32.1. The predicted molar refractivity (Wildman–Crippen MR) is 67.8 cm³/mol. The molecule has 0 aliphatic carbocycles. The number of rotatable bonds is 2. The first-order valence-electron chi connectivity index (χ1n) is 5.47. The van der Waals surface area contributed by atoms with Crippen LogP contribution in [0.3, 0.4) is 0 Å². The maximum absolute atomic E-state index is 6.27. The Morgan fingerprint density at radius 2 is 2.12 bits per heavy atom. The number of nitrogens with two attached hydrogens (primary N) is 1. The minimum Gasteiger partial charge on any atom is -0.318 e. The molecule has 2 rings (SSSR count). The van der Waals surface area contributed by atoms with E-state index in [9.17, 15) is 0 Å². The number of aryl methyl sites for hydroxylation is 1. The smallest absolute Gasteiger partial charge is 0.0861 e. The Balaban J connectivity index is 2.42. The molecule has 2 aromatic heterocycles. The highest BCUT2D eigenvalue weighted by Gasteiger charge is 2.27. The quantitative estimate of drug-likeness (QED) is 0.880. The molecular formula is C11H17N5S. The van der Waals surface area contributed by atoms with Crippen LogP contribution in [-0.2, 0) is 12.5 Å². The standard InChI is InChI=1S/C11H17N5S/c1-11(2,3)10-9(17-15-14-10)8(12)7-5-6-13-16(7)4/h5-6,8H,12H2,1-4H3. The average molecular weight is 251 g/mol. The minimum absolute atomic E-state index is 0.0431. The molecule has 17 heavy (non-hydrogen) atoms. The lowest BCUT2D eigenvalue weighted by molar-refractivity contribution is 0.553. The van der Waals surface area contributed by atoms with Crippen molar-refractivity contribution in [1.82, 2.24) is 19.4 Å². The zero-order valence-electron chi connectivity index (χ0n) is 10.5. The maximum Gasteiger partial charge on any atom is 0.0861 e. The molecule has 0 aliphatic rings. The molecule has 0 aliphatic heterocycles. The van der Waals surface area contributed by atoms with E-state index in [1.165, 1.54) is 11.5 Å². The Kier molecular flexibility index (Phi) is 3.01. The fourth-order valence-corrected chi connectivity index (χ4v) is 2.62. The highest BCUT2D eigenvalue weighted by Crippen LogP contribution is 2.31. The van der Waals surface area contributed by atoms with E-state index in [-0.39, 0.29) is 11.5 Å².